The number of methoxy groups -OCH3 is 1. The molecule has 2 aliphatic rings. The molecule has 62 heavy (non-hydrogen) atoms. The van der Waals surface area contributed by atoms with E-state index in [9.17, 15) is 9.59 Å². The Labute approximate surface area is 376 Å². The Morgan fingerprint density at radius 2 is 1.76 bits per heavy atom. The van der Waals surface area contributed by atoms with Gasteiger partial charge >= 0.3 is 0 Å². The molecule has 15 nitrogen and oxygen atoms in total. The summed E-state index contributed by atoms with van der Waals surface area (Å²) in [6.07, 6.45) is 12.9. The van der Waals surface area contributed by atoms with Gasteiger partial charge in [0.2, 0.25) is 11.9 Å². The number of aldehydes is 1. The highest BCUT2D eigenvalue weighted by Gasteiger charge is 2.29. The monoisotopic (exact) mass is 924 g/mol. The van der Waals surface area contributed by atoms with Crippen LogP contribution >= 0.6 is 27.9 Å². The number of aromatic nitrogens is 4. The first kappa shape index (κ1) is 44.8. The molecule has 2 aliphatic heterocycles. The molecule has 0 aliphatic carbocycles. The average Bonchev–Trinajstić information content (AvgIpc) is 3.31. The zero-order valence-corrected chi connectivity index (χ0v) is 38.3. The molecule has 0 saturated carbocycles. The third-order valence-corrected chi connectivity index (χ3v) is 12.7. The zero-order chi connectivity index (χ0) is 43.4. The van der Waals surface area contributed by atoms with Gasteiger partial charge in [0, 0.05) is 108 Å². The largest absolute Gasteiger partial charge is 0.494 e. The van der Waals surface area contributed by atoms with Crippen LogP contribution in [-0.2, 0) is 22.4 Å². The van der Waals surface area contributed by atoms with E-state index in [4.69, 9.17) is 9.72 Å². The molecule has 5 N–H and O–H groups in total. The summed E-state index contributed by atoms with van der Waals surface area (Å²) in [5.41, 5.74) is 8.65. The zero-order valence-electron chi connectivity index (χ0n) is 35.9. The van der Waals surface area contributed by atoms with E-state index in [1.807, 2.05) is 30.5 Å². The van der Waals surface area contributed by atoms with Crippen LogP contribution < -0.4 is 35.6 Å². The standard InChI is InChI=1S/C45H57BrN12O3S/c1-5-31-26-38(53-45-50-28-35(46)44(54-45)52-37-12-11-36-42(43(37)55-62-4)49-18-17-48-36)40(61-3)27-39(31)58-20-15-34(16-21-58)57-24-22-56(23-25-57)19-14-30-6-8-32(9-7-30)51-33(29-59)10-13-41(60)47-2/h6-9,11-12,17-18,26-29,33-34,51,55H,5,10,13-16,19-25H2,1-4H3,(H,47,60)(H2,50,52,53,54). The van der Waals surface area contributed by atoms with Crippen LogP contribution in [0.25, 0.3) is 11.0 Å². The van der Waals surface area contributed by atoms with Crippen molar-refractivity contribution >= 4 is 91.3 Å². The fraction of sp³-hybridized carbons (Fsp3) is 0.422. The molecule has 5 aromatic rings. The number of fused-ring (bicyclic) bond motifs is 1. The number of carbonyl (C=O) groups excluding carboxylic acids is 2. The van der Waals surface area contributed by atoms with Crippen LogP contribution in [0.2, 0.25) is 0 Å². The predicted octanol–water partition coefficient (Wildman–Crippen LogP) is 7.27. The summed E-state index contributed by atoms with van der Waals surface area (Å²) in [7, 11) is 3.32. The summed E-state index contributed by atoms with van der Waals surface area (Å²) in [5, 5.41) is 12.7. The van der Waals surface area contributed by atoms with Gasteiger partial charge in [-0.15, -0.1) is 0 Å². The molecule has 0 spiro atoms. The molecule has 7 rings (SSSR count). The first-order valence-corrected chi connectivity index (χ1v) is 23.3. The number of piperazine rings is 1. The number of carbonyl (C=O) groups is 2. The molecular weight excluding hydrogens is 869 g/mol. The van der Waals surface area contributed by atoms with Crippen molar-refractivity contribution in [2.45, 2.75) is 57.5 Å². The van der Waals surface area contributed by atoms with Crippen LogP contribution in [0, 0.1) is 0 Å². The quantitative estimate of drug-likeness (QED) is 0.0415. The van der Waals surface area contributed by atoms with Gasteiger partial charge in [-0.05, 0) is 89.5 Å². The van der Waals surface area contributed by atoms with Gasteiger partial charge in [0.05, 0.1) is 40.2 Å². The van der Waals surface area contributed by atoms with Gasteiger partial charge in [-0.1, -0.05) is 31.0 Å². The molecule has 328 valence electrons. The SMILES string of the molecule is CCc1cc(Nc2ncc(Br)c(Nc3ccc4nccnc4c3NSC)n2)c(OC)cc1N1CCC(N2CCN(CCc3ccc(NC(C=O)CCC(=O)NC)cc3)CC2)CC1. The lowest BCUT2D eigenvalue weighted by Gasteiger charge is -2.43. The van der Waals surface area contributed by atoms with Gasteiger partial charge in [0.25, 0.3) is 0 Å². The number of benzene rings is 3. The van der Waals surface area contributed by atoms with Crippen molar-refractivity contribution in [1.29, 1.82) is 0 Å². The van der Waals surface area contributed by atoms with Crippen LogP contribution in [0.3, 0.4) is 0 Å². The highest BCUT2D eigenvalue weighted by atomic mass is 79.9. The molecular formula is C45H57BrN12O3S. The predicted molar refractivity (Wildman–Crippen MR) is 256 cm³/mol. The molecule has 2 fully saturated rings. The third-order valence-electron chi connectivity index (χ3n) is 11.7. The van der Waals surface area contributed by atoms with Gasteiger partial charge in [0.15, 0.2) is 0 Å². The van der Waals surface area contributed by atoms with Crippen molar-refractivity contribution in [2.24, 2.45) is 0 Å². The molecule has 17 heteroatoms. The van der Waals surface area contributed by atoms with E-state index in [0.717, 1.165) is 122 Å². The van der Waals surface area contributed by atoms with Crippen molar-refractivity contribution in [3.8, 4) is 5.75 Å². The first-order chi connectivity index (χ1) is 30.3. The molecule has 0 bridgehead atoms. The lowest BCUT2D eigenvalue weighted by atomic mass is 9.99. The summed E-state index contributed by atoms with van der Waals surface area (Å²) in [5.74, 6) is 1.72. The molecule has 0 radical (unpaired) electrons. The molecule has 2 aromatic heterocycles. The number of hydrogen-bond acceptors (Lipinski definition) is 15. The number of nitrogens with zero attached hydrogens (tertiary/aromatic N) is 7. The second-order valence-corrected chi connectivity index (χ2v) is 17.0. The minimum Gasteiger partial charge on any atom is -0.494 e. The van der Waals surface area contributed by atoms with Gasteiger partial charge in [-0.3, -0.25) is 19.7 Å². The lowest BCUT2D eigenvalue weighted by molar-refractivity contribution is -0.120. The van der Waals surface area contributed by atoms with Gasteiger partial charge in [-0.25, -0.2) is 4.98 Å². The highest BCUT2D eigenvalue weighted by molar-refractivity contribution is 9.10. The minimum absolute atomic E-state index is 0.0635. The van der Waals surface area contributed by atoms with E-state index in [0.29, 0.717) is 30.6 Å². The average molecular weight is 926 g/mol. The minimum atomic E-state index is -0.386. The number of halogens is 1. The topological polar surface area (TPSA) is 165 Å². The van der Waals surface area contributed by atoms with Crippen molar-refractivity contribution in [3.63, 3.8) is 0 Å². The summed E-state index contributed by atoms with van der Waals surface area (Å²) in [4.78, 5) is 49.4. The maximum absolute atomic E-state index is 11.6. The van der Waals surface area contributed by atoms with Crippen molar-refractivity contribution in [1.82, 2.24) is 35.1 Å². The second kappa shape index (κ2) is 21.7. The Morgan fingerprint density at radius 1 is 0.984 bits per heavy atom. The number of nitrogens with one attached hydrogen (secondary N) is 5. The maximum Gasteiger partial charge on any atom is 0.229 e. The summed E-state index contributed by atoms with van der Waals surface area (Å²) in [6.45, 7) is 9.56. The highest BCUT2D eigenvalue weighted by Crippen LogP contribution is 2.38. The first-order valence-electron chi connectivity index (χ1n) is 21.3. The van der Waals surface area contributed by atoms with Crippen LogP contribution in [0.4, 0.5) is 40.2 Å². The van der Waals surface area contributed by atoms with Crippen molar-refractivity contribution in [2.75, 3.05) is 91.8 Å². The number of ether oxygens (including phenoxy) is 1. The van der Waals surface area contributed by atoms with E-state index in [-0.39, 0.29) is 11.9 Å². The molecule has 1 atom stereocenters. The number of amides is 1. The second-order valence-electron chi connectivity index (χ2n) is 15.5. The Bertz CT molecular complexity index is 2290. The molecule has 4 heterocycles. The number of piperidine rings is 1. The Hall–Kier alpha value is -5.23. The number of hydrogen-bond donors (Lipinski definition) is 5. The van der Waals surface area contributed by atoms with Gasteiger partial charge < -0.3 is 45.3 Å². The number of rotatable bonds is 19. The Kier molecular flexibility index (Phi) is 15.7. The summed E-state index contributed by atoms with van der Waals surface area (Å²) >= 11 is 5.12. The Balaban J connectivity index is 0.909. The van der Waals surface area contributed by atoms with Crippen LogP contribution in [-0.4, -0.2) is 120 Å². The van der Waals surface area contributed by atoms with Crippen LogP contribution in [0.15, 0.2) is 71.6 Å². The van der Waals surface area contributed by atoms with Crippen LogP contribution in [0.1, 0.15) is 43.7 Å². The van der Waals surface area contributed by atoms with Crippen LogP contribution in [0.5, 0.6) is 5.75 Å². The van der Waals surface area contributed by atoms with E-state index in [1.165, 1.54) is 28.8 Å². The van der Waals surface area contributed by atoms with Crippen molar-refractivity contribution < 1.29 is 14.3 Å². The molecule has 1 unspecified atom stereocenters. The van der Waals surface area contributed by atoms with Gasteiger partial charge in [-0.2, -0.15) is 4.98 Å². The maximum atomic E-state index is 11.6. The summed E-state index contributed by atoms with van der Waals surface area (Å²) < 4.78 is 10.0. The number of anilines is 7. The van der Waals surface area contributed by atoms with Gasteiger partial charge in [0.1, 0.15) is 23.4 Å². The third kappa shape index (κ3) is 11.2. The van der Waals surface area contributed by atoms with Crippen molar-refractivity contribution in [3.05, 3.63) is 82.7 Å². The van der Waals surface area contributed by atoms with E-state index >= 15 is 0 Å². The molecule has 3 aromatic carbocycles. The summed E-state index contributed by atoms with van der Waals surface area (Å²) in [6, 6.07) is 16.8. The normalized spacial score (nSPS) is 15.5. The lowest BCUT2D eigenvalue weighted by Crippen LogP contribution is -2.53. The van der Waals surface area contributed by atoms with E-state index < -0.39 is 0 Å². The molecule has 2 saturated heterocycles. The fourth-order valence-electron chi connectivity index (χ4n) is 8.25. The number of aryl methyl sites for hydroxylation is 1. The van der Waals surface area contributed by atoms with E-state index in [1.54, 1.807) is 32.7 Å². The molecule has 1 amide bonds. The fourth-order valence-corrected chi connectivity index (χ4v) is 8.95. The van der Waals surface area contributed by atoms with E-state index in [2.05, 4.69) is 103 Å². The smallest absolute Gasteiger partial charge is 0.229 e. The Morgan fingerprint density at radius 3 is 2.47 bits per heavy atom.